The Labute approximate surface area is 488 Å². The summed E-state index contributed by atoms with van der Waals surface area (Å²) in [6.45, 7) is 12.1. The zero-order chi connectivity index (χ0) is 60.2. The molecule has 3 aromatic rings. The zero-order valence-corrected chi connectivity index (χ0v) is 48.7. The van der Waals surface area contributed by atoms with Gasteiger partial charge in [-0.15, -0.1) is 0 Å². The van der Waals surface area contributed by atoms with Gasteiger partial charge in [0.2, 0.25) is 17.5 Å². The van der Waals surface area contributed by atoms with Gasteiger partial charge >= 0.3 is 6.09 Å². The molecule has 4 atom stereocenters. The second kappa shape index (κ2) is 28.1. The number of aryl methyl sites for hydroxylation is 1. The number of imide groups is 1. The van der Waals surface area contributed by atoms with Gasteiger partial charge in [-0.25, -0.2) is 0 Å². The molecule has 5 aliphatic rings. The third-order valence-electron chi connectivity index (χ3n) is 15.2. The van der Waals surface area contributed by atoms with Gasteiger partial charge in [-0.2, -0.15) is 4.79 Å². The number of ketones is 2. The number of hydrogen-bond donors (Lipinski definition) is 2. The molecule has 444 valence electrons. The summed E-state index contributed by atoms with van der Waals surface area (Å²) in [6.07, 6.45) is 12.2. The van der Waals surface area contributed by atoms with Crippen molar-refractivity contribution in [2.45, 2.75) is 124 Å². The number of aliphatic imine (C=N–C) groups is 1. The van der Waals surface area contributed by atoms with Crippen molar-refractivity contribution in [3.8, 4) is 17.2 Å². The van der Waals surface area contributed by atoms with Gasteiger partial charge in [0, 0.05) is 87.9 Å². The Morgan fingerprint density at radius 3 is 2.08 bits per heavy atom. The Morgan fingerprint density at radius 2 is 1.39 bits per heavy atom. The molecule has 2 N–H and O–H groups in total. The first-order chi connectivity index (χ1) is 40.3. The number of methoxy groups -OCH3 is 1. The zero-order valence-electron chi connectivity index (χ0n) is 48.7. The van der Waals surface area contributed by atoms with E-state index >= 15 is 0 Å². The monoisotopic (exact) mass is 1150 g/mol. The maximum atomic E-state index is 14.1. The highest BCUT2D eigenvalue weighted by Gasteiger charge is 2.41. The molecule has 5 heterocycles. The van der Waals surface area contributed by atoms with Gasteiger partial charge in [0.15, 0.2) is 23.5 Å². The highest BCUT2D eigenvalue weighted by Crippen LogP contribution is 2.39. The fraction of sp³-hybridized carbons (Fsp3) is 0.444. The Bertz CT molecular complexity index is 3210. The van der Waals surface area contributed by atoms with Crippen LogP contribution < -0.4 is 24.8 Å². The van der Waals surface area contributed by atoms with Gasteiger partial charge in [-0.3, -0.25) is 48.2 Å². The van der Waals surface area contributed by atoms with E-state index in [2.05, 4.69) is 15.6 Å². The number of fused-ring (bicyclic) bond motifs is 4. The lowest BCUT2D eigenvalue weighted by Gasteiger charge is -2.22. The van der Waals surface area contributed by atoms with E-state index in [1.165, 1.54) is 11.7 Å². The lowest BCUT2D eigenvalue weighted by Crippen LogP contribution is -2.44. The highest BCUT2D eigenvalue weighted by atomic mass is 16.6. The van der Waals surface area contributed by atoms with E-state index in [0.717, 1.165) is 46.6 Å². The molecular formula is C63H74N7O14+. The Morgan fingerprint density at radius 1 is 0.738 bits per heavy atom. The number of nitrogens with one attached hydrogen (secondary N) is 2. The second-order valence-electron chi connectivity index (χ2n) is 22.1. The molecule has 7 amide bonds. The fourth-order valence-corrected chi connectivity index (χ4v) is 10.4. The maximum absolute atomic E-state index is 14.1. The standard InChI is InChI=1S/C63H73N7O14/c1-38(2)48(29-47(71)18-23-81-24-19-64-57(73)17-20-67-58(74)15-16-59(67)75)60(76)66-42(6)53(72)28-43-11-13-44(14-12-43)37-84-63(79)70-36-46-26-40(4)35-69(46)62(78)50-27-41(5)54(32-52(50)70)82-21-9-8-10-22-83-56-31-51-49(30-55(56)80-7)61(77)68-34-39(3)25-45(68)33-65-51/h11-16,27,30-36,38,42,45-46,48H,8-10,17-26,28-29,37H2,1-7H3,(H-,64,66,73,76)/p+1/t42-,45-,46-,48-/m0/s1. The molecule has 84 heavy (non-hydrogen) atoms. The Kier molecular flexibility index (Phi) is 20.6. The van der Waals surface area contributed by atoms with Crippen LogP contribution in [-0.4, -0.2) is 150 Å². The molecular weight excluding hydrogens is 1080 g/mol. The van der Waals surface area contributed by atoms with Crippen LogP contribution in [0.4, 0.5) is 16.2 Å². The van der Waals surface area contributed by atoms with Crippen LogP contribution in [0.15, 0.2) is 89.2 Å². The molecule has 5 aliphatic heterocycles. The van der Waals surface area contributed by atoms with Crippen molar-refractivity contribution in [3.63, 3.8) is 0 Å². The van der Waals surface area contributed by atoms with Gasteiger partial charge in [-0.05, 0) is 88.1 Å². The lowest BCUT2D eigenvalue weighted by atomic mass is 9.88. The van der Waals surface area contributed by atoms with Gasteiger partial charge in [-0.1, -0.05) is 53.8 Å². The average Bonchev–Trinajstić information content (AvgIpc) is 3.44. The number of carbonyl (C=O) groups excluding carboxylic acids is 9. The van der Waals surface area contributed by atoms with E-state index < -0.39 is 41.8 Å². The number of amides is 7. The number of unbranched alkanes of at least 4 members (excludes halogenated alkanes) is 2. The third kappa shape index (κ3) is 15.3. The van der Waals surface area contributed by atoms with Crippen molar-refractivity contribution >= 4 is 76.9 Å². The van der Waals surface area contributed by atoms with Crippen molar-refractivity contribution in [3.05, 3.63) is 112 Å². The van der Waals surface area contributed by atoms with E-state index in [0.29, 0.717) is 83.4 Å². The largest absolute Gasteiger partial charge is 0.602 e. The predicted molar refractivity (Wildman–Crippen MR) is 310 cm³/mol. The quantitative estimate of drug-likeness (QED) is 0.0410. The molecule has 0 aliphatic carbocycles. The van der Waals surface area contributed by atoms with E-state index in [4.69, 9.17) is 23.7 Å². The van der Waals surface area contributed by atoms with Crippen LogP contribution in [0.2, 0.25) is 0 Å². The van der Waals surface area contributed by atoms with Gasteiger partial charge in [0.1, 0.15) is 29.7 Å². The highest BCUT2D eigenvalue weighted by molar-refractivity contribution is 6.13. The summed E-state index contributed by atoms with van der Waals surface area (Å²) >= 11 is 0. The molecule has 3 aromatic carbocycles. The number of ether oxygens (including phenoxy) is 5. The second-order valence-corrected chi connectivity index (χ2v) is 22.1. The number of benzene rings is 3. The van der Waals surface area contributed by atoms with E-state index in [1.807, 2.05) is 47.0 Å². The van der Waals surface area contributed by atoms with Crippen LogP contribution in [0.5, 0.6) is 17.2 Å². The Balaban J connectivity index is 0.779. The molecule has 0 saturated carbocycles. The minimum atomic E-state index is -0.842. The Hall–Kier alpha value is -8.59. The van der Waals surface area contributed by atoms with Crippen molar-refractivity contribution in [1.82, 2.24) is 25.3 Å². The first-order valence-electron chi connectivity index (χ1n) is 28.6. The third-order valence-corrected chi connectivity index (χ3v) is 15.2. The fourth-order valence-electron chi connectivity index (χ4n) is 10.4. The van der Waals surface area contributed by atoms with Crippen LogP contribution >= 0.6 is 0 Å². The minimum absolute atomic E-state index is 0.0150. The lowest BCUT2D eigenvalue weighted by molar-refractivity contribution is -0.355. The van der Waals surface area contributed by atoms with Crippen molar-refractivity contribution in [2.75, 3.05) is 46.6 Å². The molecule has 0 fully saturated rings. The van der Waals surface area contributed by atoms with Crippen LogP contribution in [0.1, 0.15) is 123 Å². The molecule has 21 nitrogen and oxygen atoms in total. The summed E-state index contributed by atoms with van der Waals surface area (Å²) < 4.78 is 30.8. The number of nitrogens with zero attached hydrogens (tertiary/aromatic N) is 5. The van der Waals surface area contributed by atoms with E-state index in [-0.39, 0.29) is 99.8 Å². The summed E-state index contributed by atoms with van der Waals surface area (Å²) in [5, 5.41) is 5.43. The molecule has 0 saturated heterocycles. The van der Waals surface area contributed by atoms with Crippen molar-refractivity contribution in [1.29, 1.82) is 0 Å². The number of carbonyl (C=O) groups is 9. The molecule has 21 heteroatoms. The van der Waals surface area contributed by atoms with Crippen LogP contribution in [0.25, 0.3) is 0 Å². The average molecular weight is 1150 g/mol. The number of rotatable bonds is 28. The van der Waals surface area contributed by atoms with E-state index in [1.54, 1.807) is 77.7 Å². The number of Topliss-reactive ketones (excluding diaryl/α,β-unsaturated/α-hetero) is 2. The van der Waals surface area contributed by atoms with E-state index in [9.17, 15) is 43.2 Å². The summed E-state index contributed by atoms with van der Waals surface area (Å²) in [5.74, 6) is -1.89. The summed E-state index contributed by atoms with van der Waals surface area (Å²) in [7, 11) is 1.54. The maximum Gasteiger partial charge on any atom is 0.602 e. The van der Waals surface area contributed by atoms with Gasteiger partial charge in [0.25, 0.3) is 23.6 Å². The topological polar surface area (TPSA) is 249 Å². The minimum Gasteiger partial charge on any atom is -0.493 e. The molecule has 0 radical (unpaired) electrons. The summed E-state index contributed by atoms with van der Waals surface area (Å²) in [6, 6.07) is 12.5. The van der Waals surface area contributed by atoms with Gasteiger partial charge in [0.05, 0.1) is 62.9 Å². The molecule has 0 aromatic heterocycles. The number of hydrogen-bond acceptors (Lipinski definition) is 15. The summed E-state index contributed by atoms with van der Waals surface area (Å²) in [5.41, 5.74) is 5.82. The van der Waals surface area contributed by atoms with Crippen LogP contribution in [0, 0.1) is 18.8 Å². The first kappa shape index (κ1) is 61.5. The molecule has 0 unspecified atom stereocenters. The van der Waals surface area contributed by atoms with Crippen LogP contribution in [0.3, 0.4) is 0 Å². The summed E-state index contributed by atoms with van der Waals surface area (Å²) in [4.78, 5) is 126. The molecule has 8 rings (SSSR count). The van der Waals surface area contributed by atoms with Gasteiger partial charge < -0.3 is 44.1 Å². The first-order valence-corrected chi connectivity index (χ1v) is 28.6. The smallest absolute Gasteiger partial charge is 0.493 e. The van der Waals surface area contributed by atoms with Crippen LogP contribution in [-0.2, 0) is 51.3 Å². The molecule has 0 bridgehead atoms. The molecule has 0 spiro atoms. The van der Waals surface area contributed by atoms with Crippen molar-refractivity contribution in [2.24, 2.45) is 16.8 Å². The SMILES string of the molecule is COc1cc2c(cc1OCCCCCOc1cc3c(cc1C)C(=O)N1C=C(C)C[C@H]1C=[N+]3C(=O)OCc1ccc(CC(=O)[C@H](C)NC(=O)[C@@H](CC(=O)CCOCCNC(=O)CCN3C(=O)C=CC3=O)C(C)C)cc1)N=C[C@@H]1CC(C)=CN1C2=O. The predicted octanol–water partition coefficient (Wildman–Crippen LogP) is 7.34. The normalized spacial score (nSPS) is 17.5. The van der Waals surface area contributed by atoms with Crippen molar-refractivity contribution < 1.29 is 71.4 Å².